The van der Waals surface area contributed by atoms with Gasteiger partial charge in [0.2, 0.25) is 0 Å². The third-order valence-corrected chi connectivity index (χ3v) is 7.91. The highest BCUT2D eigenvalue weighted by Crippen LogP contribution is 2.46. The number of anilines is 1. The summed E-state index contributed by atoms with van der Waals surface area (Å²) in [4.78, 5) is 33.1. The van der Waals surface area contributed by atoms with E-state index in [1.54, 1.807) is 43.5 Å². The van der Waals surface area contributed by atoms with Crippen LogP contribution in [0.5, 0.6) is 17.2 Å². The Balaban J connectivity index is 1.67. The Bertz CT molecular complexity index is 1660. The second-order valence-corrected chi connectivity index (χ2v) is 11.2. The minimum Gasteiger partial charge on any atom is -0.507 e. The number of nitrogens with zero attached hydrogens (tertiary/aromatic N) is 2. The van der Waals surface area contributed by atoms with Crippen molar-refractivity contribution in [3.8, 4) is 17.2 Å². The molecule has 0 radical (unpaired) electrons. The second kappa shape index (κ2) is 12.2. The van der Waals surface area contributed by atoms with Gasteiger partial charge in [0.05, 0.1) is 42.2 Å². The zero-order chi connectivity index (χ0) is 30.0. The summed E-state index contributed by atoms with van der Waals surface area (Å²) in [6.45, 7) is 6.92. The quantitative estimate of drug-likeness (QED) is 0.122. The fourth-order valence-corrected chi connectivity index (χ4v) is 5.74. The van der Waals surface area contributed by atoms with Crippen LogP contribution < -0.4 is 19.1 Å². The maximum absolute atomic E-state index is 13.7. The number of hydrogen-bond donors (Lipinski definition) is 1. The molecule has 0 spiro atoms. The number of hydrogen-bond acceptors (Lipinski definition) is 8. The van der Waals surface area contributed by atoms with Crippen LogP contribution in [-0.2, 0) is 9.59 Å². The molecule has 0 saturated carbocycles. The number of thiazole rings is 1. The molecule has 1 atom stereocenters. The first-order valence-electron chi connectivity index (χ1n) is 13.6. The van der Waals surface area contributed by atoms with Gasteiger partial charge < -0.3 is 19.3 Å². The van der Waals surface area contributed by atoms with Crippen molar-refractivity contribution in [2.45, 2.75) is 33.2 Å². The van der Waals surface area contributed by atoms with Gasteiger partial charge >= 0.3 is 5.91 Å². The highest BCUT2D eigenvalue weighted by atomic mass is 32.1. The summed E-state index contributed by atoms with van der Waals surface area (Å²) in [7, 11) is 1.56. The van der Waals surface area contributed by atoms with E-state index in [1.165, 1.54) is 40.5 Å². The lowest BCUT2D eigenvalue weighted by molar-refractivity contribution is -0.132. The van der Waals surface area contributed by atoms with Crippen LogP contribution in [0.1, 0.15) is 44.4 Å². The summed E-state index contributed by atoms with van der Waals surface area (Å²) in [6.07, 6.45) is 0.855. The highest BCUT2D eigenvalue weighted by Gasteiger charge is 2.48. The molecule has 2 heterocycles. The number of rotatable bonds is 10. The molecule has 0 aliphatic carbocycles. The molecule has 1 aliphatic heterocycles. The van der Waals surface area contributed by atoms with E-state index in [-0.39, 0.29) is 16.3 Å². The molecule has 10 heteroatoms. The molecule has 5 rings (SSSR count). The standard InChI is InChI=1S/C32H31FN2O6S/c1-5-40-25-16-20(8-13-24(25)41-15-14-18(2)3)28-27(29(36)19-6-9-21(33)10-7-19)30(37)31(38)35(28)32-34-23-12-11-22(39-4)17-26(23)42-32/h6-13,16-18,28,36H,5,14-15H2,1-4H3. The van der Waals surface area contributed by atoms with Gasteiger partial charge in [-0.1, -0.05) is 31.3 Å². The number of carbonyl (C=O) groups is 2. The van der Waals surface area contributed by atoms with Gasteiger partial charge in [0.15, 0.2) is 16.6 Å². The fourth-order valence-electron chi connectivity index (χ4n) is 4.72. The van der Waals surface area contributed by atoms with Crippen molar-refractivity contribution < 1.29 is 33.3 Å². The summed E-state index contributed by atoms with van der Waals surface area (Å²) >= 11 is 1.22. The van der Waals surface area contributed by atoms with Gasteiger partial charge in [0.25, 0.3) is 5.78 Å². The largest absolute Gasteiger partial charge is 0.507 e. The molecule has 218 valence electrons. The van der Waals surface area contributed by atoms with Crippen LogP contribution in [0.15, 0.2) is 66.2 Å². The third kappa shape index (κ3) is 5.67. The summed E-state index contributed by atoms with van der Waals surface area (Å²) in [5, 5.41) is 11.6. The topological polar surface area (TPSA) is 98.2 Å². The van der Waals surface area contributed by atoms with Gasteiger partial charge in [-0.15, -0.1) is 0 Å². The number of Topliss-reactive ketones (excluding diaryl/α,β-unsaturated/α-hetero) is 1. The van der Waals surface area contributed by atoms with Crippen molar-refractivity contribution >= 4 is 44.1 Å². The first-order chi connectivity index (χ1) is 20.2. The Morgan fingerprint density at radius 2 is 1.81 bits per heavy atom. The fraction of sp³-hybridized carbons (Fsp3) is 0.281. The van der Waals surface area contributed by atoms with Gasteiger partial charge in [0, 0.05) is 5.56 Å². The van der Waals surface area contributed by atoms with Crippen LogP contribution in [0.4, 0.5) is 9.52 Å². The van der Waals surface area contributed by atoms with Crippen LogP contribution in [0.25, 0.3) is 16.0 Å². The van der Waals surface area contributed by atoms with Crippen molar-refractivity contribution in [3.63, 3.8) is 0 Å². The van der Waals surface area contributed by atoms with E-state index >= 15 is 0 Å². The normalized spacial score (nSPS) is 16.4. The van der Waals surface area contributed by atoms with Crippen molar-refractivity contribution in [3.05, 3.63) is 83.2 Å². The number of fused-ring (bicyclic) bond motifs is 1. The summed E-state index contributed by atoms with van der Waals surface area (Å²) in [6, 6.07) is 14.6. The molecule has 1 aromatic heterocycles. The number of amides is 1. The Hall–Kier alpha value is -4.44. The number of methoxy groups -OCH3 is 1. The second-order valence-electron chi connectivity index (χ2n) is 10.2. The van der Waals surface area contributed by atoms with Gasteiger partial charge in [-0.3, -0.25) is 14.5 Å². The van der Waals surface area contributed by atoms with Crippen molar-refractivity contribution in [1.82, 2.24) is 4.98 Å². The van der Waals surface area contributed by atoms with E-state index in [9.17, 15) is 19.1 Å². The first kappa shape index (κ1) is 29.1. The monoisotopic (exact) mass is 590 g/mol. The molecule has 1 aliphatic rings. The Labute approximate surface area is 247 Å². The van der Waals surface area contributed by atoms with Crippen LogP contribution >= 0.6 is 11.3 Å². The minimum absolute atomic E-state index is 0.139. The van der Waals surface area contributed by atoms with Crippen molar-refractivity contribution in [2.75, 3.05) is 25.2 Å². The van der Waals surface area contributed by atoms with E-state index in [4.69, 9.17) is 14.2 Å². The van der Waals surface area contributed by atoms with Gasteiger partial charge in [0.1, 0.15) is 17.3 Å². The molecule has 42 heavy (non-hydrogen) atoms. The zero-order valence-corrected chi connectivity index (χ0v) is 24.5. The predicted octanol–water partition coefficient (Wildman–Crippen LogP) is 6.89. The molecule has 0 bridgehead atoms. The van der Waals surface area contributed by atoms with E-state index < -0.39 is 29.3 Å². The van der Waals surface area contributed by atoms with Gasteiger partial charge in [-0.05, 0) is 79.4 Å². The maximum Gasteiger partial charge on any atom is 0.301 e. The van der Waals surface area contributed by atoms with E-state index in [2.05, 4.69) is 18.8 Å². The number of ketones is 1. The molecule has 1 unspecified atom stereocenters. The zero-order valence-electron chi connectivity index (χ0n) is 23.7. The van der Waals surface area contributed by atoms with Crippen LogP contribution in [0.2, 0.25) is 0 Å². The molecule has 3 aromatic carbocycles. The lowest BCUT2D eigenvalue weighted by atomic mass is 9.95. The van der Waals surface area contributed by atoms with E-state index in [0.29, 0.717) is 47.5 Å². The highest BCUT2D eigenvalue weighted by molar-refractivity contribution is 7.22. The molecule has 1 N–H and O–H groups in total. The lowest BCUT2D eigenvalue weighted by Crippen LogP contribution is -2.29. The number of aromatic nitrogens is 1. The molecular weight excluding hydrogens is 559 g/mol. The summed E-state index contributed by atoms with van der Waals surface area (Å²) in [5.74, 6) is -0.577. The minimum atomic E-state index is -1.04. The maximum atomic E-state index is 13.7. The molecule has 4 aromatic rings. The van der Waals surface area contributed by atoms with Crippen molar-refractivity contribution in [2.24, 2.45) is 5.92 Å². The molecule has 1 saturated heterocycles. The first-order valence-corrected chi connectivity index (χ1v) is 14.4. The Morgan fingerprint density at radius 1 is 1.05 bits per heavy atom. The smallest absolute Gasteiger partial charge is 0.301 e. The average molecular weight is 591 g/mol. The SMILES string of the molecule is CCOc1cc(C2C(=C(O)c3ccc(F)cc3)C(=O)C(=O)N2c2nc3ccc(OC)cc3s2)ccc1OCCC(C)C. The number of aliphatic hydroxyl groups is 1. The summed E-state index contributed by atoms with van der Waals surface area (Å²) < 4.78 is 31.6. The van der Waals surface area contributed by atoms with Crippen LogP contribution in [0.3, 0.4) is 0 Å². The van der Waals surface area contributed by atoms with Crippen LogP contribution in [0, 0.1) is 11.7 Å². The number of carbonyl (C=O) groups excluding carboxylic acids is 2. The van der Waals surface area contributed by atoms with Crippen molar-refractivity contribution in [1.29, 1.82) is 0 Å². The molecule has 1 fully saturated rings. The molecule has 8 nitrogen and oxygen atoms in total. The Morgan fingerprint density at radius 3 is 2.50 bits per heavy atom. The average Bonchev–Trinajstić information content (AvgIpc) is 3.51. The number of halogens is 1. The summed E-state index contributed by atoms with van der Waals surface area (Å²) in [5.41, 5.74) is 1.19. The third-order valence-electron chi connectivity index (χ3n) is 6.89. The van der Waals surface area contributed by atoms with E-state index in [0.717, 1.165) is 11.1 Å². The van der Waals surface area contributed by atoms with E-state index in [1.807, 2.05) is 6.92 Å². The predicted molar refractivity (Wildman–Crippen MR) is 160 cm³/mol. The molecular formula is C32H31FN2O6S. The van der Waals surface area contributed by atoms with Gasteiger partial charge in [-0.25, -0.2) is 9.37 Å². The number of aliphatic hydroxyl groups excluding tert-OH is 1. The van der Waals surface area contributed by atoms with Gasteiger partial charge in [-0.2, -0.15) is 0 Å². The number of ether oxygens (including phenoxy) is 3. The Kier molecular flexibility index (Phi) is 8.44. The lowest BCUT2D eigenvalue weighted by Gasteiger charge is -2.24. The van der Waals surface area contributed by atoms with Crippen LogP contribution in [-0.4, -0.2) is 42.1 Å². The number of benzene rings is 3. The molecule has 1 amide bonds.